The number of carbonyl (C=O) groups is 2. The molecule has 4 atom stereocenters. The van der Waals surface area contributed by atoms with E-state index in [-0.39, 0.29) is 35.5 Å². The molecule has 0 N–H and O–H groups in total. The van der Waals surface area contributed by atoms with Crippen molar-refractivity contribution >= 4 is 17.6 Å². The van der Waals surface area contributed by atoms with Crippen LogP contribution in [0.25, 0.3) is 0 Å². The van der Waals surface area contributed by atoms with Crippen LogP contribution in [0.2, 0.25) is 0 Å². The second kappa shape index (κ2) is 4.13. The smallest absolute Gasteiger partial charge is 0.239 e. The van der Waals surface area contributed by atoms with Crippen LogP contribution in [0.5, 0.6) is 0 Å². The average Bonchev–Trinajstić information content (AvgIpc) is 3.10. The highest BCUT2D eigenvalue weighted by Gasteiger charge is 2.62. The van der Waals surface area contributed by atoms with E-state index in [0.29, 0.717) is 5.82 Å². The molecule has 1 aliphatic heterocycles. The van der Waals surface area contributed by atoms with Crippen LogP contribution in [-0.4, -0.2) is 16.8 Å². The number of amides is 2. The Morgan fingerprint density at radius 1 is 1.05 bits per heavy atom. The molecule has 0 aromatic carbocycles. The number of carbonyl (C=O) groups excluding carboxylic acids is 2. The summed E-state index contributed by atoms with van der Waals surface area (Å²) in [5, 5.41) is 0. The first kappa shape index (κ1) is 12.5. The summed E-state index contributed by atoms with van der Waals surface area (Å²) < 4.78 is 0. The maximum absolute atomic E-state index is 12.8. The minimum atomic E-state index is -0.237. The Morgan fingerprint density at radius 2 is 1.67 bits per heavy atom. The van der Waals surface area contributed by atoms with Crippen molar-refractivity contribution in [2.24, 2.45) is 23.7 Å². The lowest BCUT2D eigenvalue weighted by Gasteiger charge is -2.18. The molecule has 3 aliphatic rings. The van der Waals surface area contributed by atoms with Crippen LogP contribution in [-0.2, 0) is 9.59 Å². The Hall–Kier alpha value is -2.23. The van der Waals surface area contributed by atoms with Crippen molar-refractivity contribution in [3.05, 3.63) is 47.7 Å². The fraction of sp³-hybridized carbons (Fsp3) is 0.353. The van der Waals surface area contributed by atoms with E-state index in [0.717, 1.165) is 0 Å². The number of hydrogen-bond acceptors (Lipinski definition) is 3. The molecule has 2 aliphatic carbocycles. The van der Waals surface area contributed by atoms with Gasteiger partial charge in [0.1, 0.15) is 5.82 Å². The Morgan fingerprint density at radius 3 is 2.14 bits per heavy atom. The molecule has 106 valence electrons. The molecular formula is C17H16N2O2. The number of pyridine rings is 1. The van der Waals surface area contributed by atoms with Gasteiger partial charge in [-0.15, -0.1) is 0 Å². The SMILES string of the molecule is CC(C)=C1[C@H]2C=C[C@@H]1[C@H]1C(=O)N(c3ccccn3)C(=O)[C@@H]12. The summed E-state index contributed by atoms with van der Waals surface area (Å²) in [5.74, 6) is -0.0391. The number of imide groups is 1. The minimum absolute atomic E-state index is 0.0927. The Bertz CT molecular complexity index is 667. The molecule has 2 amide bonds. The zero-order valence-electron chi connectivity index (χ0n) is 12.0. The van der Waals surface area contributed by atoms with E-state index in [2.05, 4.69) is 31.0 Å². The third-order valence-corrected chi connectivity index (χ3v) is 4.87. The molecule has 1 aromatic heterocycles. The second-order valence-electron chi connectivity index (χ2n) is 6.14. The predicted octanol–water partition coefficient (Wildman–Crippen LogP) is 2.34. The van der Waals surface area contributed by atoms with Crippen molar-refractivity contribution in [3.63, 3.8) is 0 Å². The number of aromatic nitrogens is 1. The third-order valence-electron chi connectivity index (χ3n) is 4.87. The molecule has 2 fully saturated rings. The first-order valence-electron chi connectivity index (χ1n) is 7.25. The Kier molecular flexibility index (Phi) is 2.46. The summed E-state index contributed by atoms with van der Waals surface area (Å²) in [7, 11) is 0. The molecule has 4 nitrogen and oxygen atoms in total. The van der Waals surface area contributed by atoms with Crippen molar-refractivity contribution in [1.29, 1.82) is 0 Å². The van der Waals surface area contributed by atoms with E-state index in [4.69, 9.17) is 0 Å². The van der Waals surface area contributed by atoms with Crippen LogP contribution in [0, 0.1) is 23.7 Å². The topological polar surface area (TPSA) is 50.3 Å². The lowest BCUT2D eigenvalue weighted by molar-refractivity contribution is -0.123. The molecule has 0 unspecified atom stereocenters. The Labute approximate surface area is 123 Å². The summed E-state index contributed by atoms with van der Waals surface area (Å²) in [6.45, 7) is 4.13. The number of anilines is 1. The monoisotopic (exact) mass is 280 g/mol. The van der Waals surface area contributed by atoms with E-state index in [1.54, 1.807) is 24.4 Å². The molecule has 0 radical (unpaired) electrons. The van der Waals surface area contributed by atoms with Crippen LogP contribution >= 0.6 is 0 Å². The molecule has 1 saturated carbocycles. The first-order valence-corrected chi connectivity index (χ1v) is 7.25. The van der Waals surface area contributed by atoms with E-state index >= 15 is 0 Å². The summed E-state index contributed by atoms with van der Waals surface area (Å²) >= 11 is 0. The van der Waals surface area contributed by atoms with Crippen LogP contribution in [0.4, 0.5) is 5.82 Å². The van der Waals surface area contributed by atoms with Gasteiger partial charge in [-0.3, -0.25) is 9.59 Å². The van der Waals surface area contributed by atoms with Gasteiger partial charge in [-0.2, -0.15) is 0 Å². The standard InChI is InChI=1S/C17H16N2O2/c1-9(2)13-10-6-7-11(13)15-14(10)16(20)19(17(15)21)12-5-3-4-8-18-12/h3-8,10-11,14-15H,1-2H3/t10-,11+,14-,15-/m1/s1. The maximum Gasteiger partial charge on any atom is 0.239 e. The second-order valence-corrected chi connectivity index (χ2v) is 6.14. The van der Waals surface area contributed by atoms with Gasteiger partial charge in [-0.25, -0.2) is 9.88 Å². The van der Waals surface area contributed by atoms with Gasteiger partial charge in [-0.1, -0.05) is 29.4 Å². The number of fused-ring (bicyclic) bond motifs is 5. The zero-order valence-corrected chi connectivity index (χ0v) is 12.0. The molecule has 4 rings (SSSR count). The summed E-state index contributed by atoms with van der Waals surface area (Å²) in [4.78, 5) is 31.0. The fourth-order valence-corrected chi connectivity index (χ4v) is 4.14. The maximum atomic E-state index is 12.8. The van der Waals surface area contributed by atoms with Gasteiger partial charge >= 0.3 is 0 Å². The molecule has 21 heavy (non-hydrogen) atoms. The highest BCUT2D eigenvalue weighted by Crippen LogP contribution is 2.56. The lowest BCUT2D eigenvalue weighted by atomic mass is 9.85. The van der Waals surface area contributed by atoms with Crippen molar-refractivity contribution in [2.75, 3.05) is 4.90 Å². The van der Waals surface area contributed by atoms with Crippen LogP contribution in [0.3, 0.4) is 0 Å². The number of rotatable bonds is 1. The fourth-order valence-electron chi connectivity index (χ4n) is 4.14. The normalized spacial score (nSPS) is 33.0. The minimum Gasteiger partial charge on any atom is -0.274 e. The molecule has 2 heterocycles. The Balaban J connectivity index is 1.79. The number of nitrogens with zero attached hydrogens (tertiary/aromatic N) is 2. The van der Waals surface area contributed by atoms with E-state index in [1.807, 2.05) is 0 Å². The van der Waals surface area contributed by atoms with Gasteiger partial charge in [0.25, 0.3) is 0 Å². The largest absolute Gasteiger partial charge is 0.274 e. The lowest BCUT2D eigenvalue weighted by Crippen LogP contribution is -2.33. The number of hydrogen-bond donors (Lipinski definition) is 0. The summed E-state index contributed by atoms with van der Waals surface area (Å²) in [6.07, 6.45) is 5.81. The van der Waals surface area contributed by atoms with Crippen molar-refractivity contribution < 1.29 is 9.59 Å². The molecule has 1 saturated heterocycles. The quantitative estimate of drug-likeness (QED) is 0.586. The van der Waals surface area contributed by atoms with E-state index in [9.17, 15) is 9.59 Å². The van der Waals surface area contributed by atoms with Gasteiger partial charge in [0.15, 0.2) is 0 Å². The highest BCUT2D eigenvalue weighted by molar-refractivity contribution is 6.22. The van der Waals surface area contributed by atoms with Crippen molar-refractivity contribution in [1.82, 2.24) is 4.98 Å². The average molecular weight is 280 g/mol. The molecule has 4 heteroatoms. The van der Waals surface area contributed by atoms with E-state index in [1.165, 1.54) is 16.0 Å². The zero-order chi connectivity index (χ0) is 14.7. The van der Waals surface area contributed by atoms with E-state index < -0.39 is 0 Å². The van der Waals surface area contributed by atoms with Crippen LogP contribution in [0.1, 0.15) is 13.8 Å². The highest BCUT2D eigenvalue weighted by atomic mass is 16.2. The first-order chi connectivity index (χ1) is 10.1. The van der Waals surface area contributed by atoms with Crippen LogP contribution < -0.4 is 4.90 Å². The molecule has 0 spiro atoms. The van der Waals surface area contributed by atoms with Crippen LogP contribution in [0.15, 0.2) is 47.7 Å². The van der Waals surface area contributed by atoms with Gasteiger partial charge < -0.3 is 0 Å². The van der Waals surface area contributed by atoms with Crippen molar-refractivity contribution in [2.45, 2.75) is 13.8 Å². The van der Waals surface area contributed by atoms with Gasteiger partial charge in [0.2, 0.25) is 11.8 Å². The summed E-state index contributed by atoms with van der Waals surface area (Å²) in [5.41, 5.74) is 2.50. The number of allylic oxidation sites excluding steroid dienone is 4. The molecular weight excluding hydrogens is 264 g/mol. The van der Waals surface area contributed by atoms with Crippen molar-refractivity contribution in [3.8, 4) is 0 Å². The third kappa shape index (κ3) is 1.47. The predicted molar refractivity (Wildman–Crippen MR) is 78.2 cm³/mol. The molecule has 2 bridgehead atoms. The summed E-state index contributed by atoms with van der Waals surface area (Å²) in [6, 6.07) is 5.29. The van der Waals surface area contributed by atoms with Gasteiger partial charge in [-0.05, 0) is 26.0 Å². The van der Waals surface area contributed by atoms with Gasteiger partial charge in [0, 0.05) is 18.0 Å². The molecule has 1 aromatic rings. The van der Waals surface area contributed by atoms with Gasteiger partial charge in [0.05, 0.1) is 11.8 Å².